The topological polar surface area (TPSA) is 53.0 Å². The average Bonchev–Trinajstić information content (AvgIpc) is 2.26. The van der Waals surface area contributed by atoms with Crippen LogP contribution in [0.4, 0.5) is 5.69 Å². The fourth-order valence-electron chi connectivity index (χ4n) is 1.72. The van der Waals surface area contributed by atoms with Crippen LogP contribution in [-0.2, 0) is 6.54 Å². The van der Waals surface area contributed by atoms with Crippen molar-refractivity contribution in [2.75, 3.05) is 5.73 Å². The molecule has 1 rings (SSSR count). The SMILES string of the molecule is CC(C)N(Cc1ccccc1N)C(C)C#N. The van der Waals surface area contributed by atoms with E-state index in [4.69, 9.17) is 11.0 Å². The third-order valence-corrected chi connectivity index (χ3v) is 2.76. The second kappa shape index (κ2) is 5.53. The highest BCUT2D eigenvalue weighted by atomic mass is 15.2. The summed E-state index contributed by atoms with van der Waals surface area (Å²) in [7, 11) is 0. The molecule has 86 valence electrons. The van der Waals surface area contributed by atoms with E-state index < -0.39 is 0 Å². The number of hydrogen-bond acceptors (Lipinski definition) is 3. The minimum Gasteiger partial charge on any atom is -0.398 e. The number of anilines is 1. The highest BCUT2D eigenvalue weighted by Gasteiger charge is 2.17. The van der Waals surface area contributed by atoms with Crippen molar-refractivity contribution in [1.29, 1.82) is 5.26 Å². The number of nitrogen functional groups attached to an aromatic ring is 1. The molecule has 16 heavy (non-hydrogen) atoms. The summed E-state index contributed by atoms with van der Waals surface area (Å²) in [5, 5.41) is 8.98. The van der Waals surface area contributed by atoms with E-state index in [1.165, 1.54) is 0 Å². The lowest BCUT2D eigenvalue weighted by Crippen LogP contribution is -2.37. The van der Waals surface area contributed by atoms with E-state index in [1.54, 1.807) is 0 Å². The van der Waals surface area contributed by atoms with Crippen LogP contribution in [0.25, 0.3) is 0 Å². The molecule has 0 aromatic heterocycles. The predicted molar refractivity (Wildman–Crippen MR) is 66.6 cm³/mol. The summed E-state index contributed by atoms with van der Waals surface area (Å²) in [6.07, 6.45) is 0. The van der Waals surface area contributed by atoms with Gasteiger partial charge in [0.2, 0.25) is 0 Å². The monoisotopic (exact) mass is 217 g/mol. The summed E-state index contributed by atoms with van der Waals surface area (Å²) >= 11 is 0. The Labute approximate surface area is 97.5 Å². The number of hydrogen-bond donors (Lipinski definition) is 1. The van der Waals surface area contributed by atoms with Crippen LogP contribution in [0.1, 0.15) is 26.3 Å². The van der Waals surface area contributed by atoms with E-state index in [0.717, 1.165) is 17.8 Å². The molecular formula is C13H19N3. The maximum atomic E-state index is 8.98. The van der Waals surface area contributed by atoms with Crippen LogP contribution >= 0.6 is 0 Å². The molecule has 3 nitrogen and oxygen atoms in total. The van der Waals surface area contributed by atoms with Gasteiger partial charge in [-0.1, -0.05) is 18.2 Å². The first-order valence-electron chi connectivity index (χ1n) is 5.55. The minimum atomic E-state index is -0.0976. The molecule has 0 radical (unpaired) electrons. The van der Waals surface area contributed by atoms with E-state index in [-0.39, 0.29) is 6.04 Å². The van der Waals surface area contributed by atoms with Crippen molar-refractivity contribution in [2.45, 2.75) is 39.4 Å². The third kappa shape index (κ3) is 2.98. The summed E-state index contributed by atoms with van der Waals surface area (Å²) in [5.74, 6) is 0. The lowest BCUT2D eigenvalue weighted by molar-refractivity contribution is 0.187. The lowest BCUT2D eigenvalue weighted by atomic mass is 10.1. The summed E-state index contributed by atoms with van der Waals surface area (Å²) < 4.78 is 0. The summed E-state index contributed by atoms with van der Waals surface area (Å²) in [6.45, 7) is 6.82. The molecule has 0 aliphatic heterocycles. The molecule has 0 aliphatic carbocycles. The molecule has 2 N–H and O–H groups in total. The number of para-hydroxylation sites is 1. The molecule has 3 heteroatoms. The highest BCUT2D eigenvalue weighted by molar-refractivity contribution is 5.46. The van der Waals surface area contributed by atoms with Crippen molar-refractivity contribution in [3.8, 4) is 6.07 Å². The maximum Gasteiger partial charge on any atom is 0.0954 e. The zero-order valence-corrected chi connectivity index (χ0v) is 10.1. The Balaban J connectivity index is 2.85. The Kier molecular flexibility index (Phi) is 4.33. The Bertz CT molecular complexity index is 379. The third-order valence-electron chi connectivity index (χ3n) is 2.76. The smallest absolute Gasteiger partial charge is 0.0954 e. The van der Waals surface area contributed by atoms with Gasteiger partial charge in [-0.15, -0.1) is 0 Å². The van der Waals surface area contributed by atoms with E-state index in [9.17, 15) is 0 Å². The number of nitrogens with zero attached hydrogens (tertiary/aromatic N) is 2. The van der Waals surface area contributed by atoms with E-state index in [2.05, 4.69) is 24.8 Å². The van der Waals surface area contributed by atoms with Gasteiger partial charge in [0.05, 0.1) is 12.1 Å². The standard InChI is InChI=1S/C13H19N3/c1-10(2)16(11(3)8-14)9-12-6-4-5-7-13(12)15/h4-7,10-11H,9,15H2,1-3H3. The molecule has 1 unspecified atom stereocenters. The second-order valence-electron chi connectivity index (χ2n) is 4.27. The van der Waals surface area contributed by atoms with Gasteiger partial charge in [0, 0.05) is 18.3 Å². The van der Waals surface area contributed by atoms with Crippen molar-refractivity contribution in [3.05, 3.63) is 29.8 Å². The van der Waals surface area contributed by atoms with Gasteiger partial charge in [-0.3, -0.25) is 4.90 Å². The number of rotatable bonds is 4. The summed E-state index contributed by atoms with van der Waals surface area (Å²) in [4.78, 5) is 2.13. The van der Waals surface area contributed by atoms with Gasteiger partial charge in [0.15, 0.2) is 0 Å². The Morgan fingerprint density at radius 1 is 1.31 bits per heavy atom. The fourth-order valence-corrected chi connectivity index (χ4v) is 1.72. The van der Waals surface area contributed by atoms with E-state index in [1.807, 2.05) is 31.2 Å². The molecule has 0 amide bonds. The highest BCUT2D eigenvalue weighted by Crippen LogP contribution is 2.16. The van der Waals surface area contributed by atoms with E-state index in [0.29, 0.717) is 6.04 Å². The van der Waals surface area contributed by atoms with Crippen LogP contribution in [0, 0.1) is 11.3 Å². The Morgan fingerprint density at radius 3 is 2.44 bits per heavy atom. The van der Waals surface area contributed by atoms with Gasteiger partial charge in [-0.25, -0.2) is 0 Å². The van der Waals surface area contributed by atoms with Gasteiger partial charge in [0.25, 0.3) is 0 Å². The molecule has 1 aromatic carbocycles. The molecule has 1 aromatic rings. The van der Waals surface area contributed by atoms with Crippen LogP contribution in [0.3, 0.4) is 0 Å². The number of nitrogens with two attached hydrogens (primary N) is 1. The first-order chi connectivity index (χ1) is 7.56. The molecule has 0 bridgehead atoms. The Morgan fingerprint density at radius 2 is 1.94 bits per heavy atom. The van der Waals surface area contributed by atoms with Crippen LogP contribution in [-0.4, -0.2) is 17.0 Å². The lowest BCUT2D eigenvalue weighted by Gasteiger charge is -2.29. The second-order valence-corrected chi connectivity index (χ2v) is 4.27. The molecule has 0 saturated heterocycles. The van der Waals surface area contributed by atoms with Gasteiger partial charge < -0.3 is 5.73 Å². The number of nitriles is 1. The maximum absolute atomic E-state index is 8.98. The van der Waals surface area contributed by atoms with Crippen molar-refractivity contribution < 1.29 is 0 Å². The Hall–Kier alpha value is -1.53. The molecule has 0 fully saturated rings. The molecule has 0 spiro atoms. The normalized spacial score (nSPS) is 12.8. The quantitative estimate of drug-likeness (QED) is 0.788. The van der Waals surface area contributed by atoms with Crippen LogP contribution < -0.4 is 5.73 Å². The van der Waals surface area contributed by atoms with Gasteiger partial charge in [-0.2, -0.15) is 5.26 Å². The van der Waals surface area contributed by atoms with E-state index >= 15 is 0 Å². The molecule has 0 heterocycles. The van der Waals surface area contributed by atoms with Crippen molar-refractivity contribution in [2.24, 2.45) is 0 Å². The number of benzene rings is 1. The van der Waals surface area contributed by atoms with Crippen LogP contribution in [0.5, 0.6) is 0 Å². The van der Waals surface area contributed by atoms with Gasteiger partial charge in [-0.05, 0) is 32.4 Å². The van der Waals surface area contributed by atoms with Crippen molar-refractivity contribution in [1.82, 2.24) is 4.90 Å². The largest absolute Gasteiger partial charge is 0.398 e. The summed E-state index contributed by atoms with van der Waals surface area (Å²) in [5.41, 5.74) is 7.77. The zero-order valence-electron chi connectivity index (χ0n) is 10.1. The fraction of sp³-hybridized carbons (Fsp3) is 0.462. The van der Waals surface area contributed by atoms with Gasteiger partial charge >= 0.3 is 0 Å². The first-order valence-corrected chi connectivity index (χ1v) is 5.55. The molecule has 1 atom stereocenters. The molecule has 0 saturated carbocycles. The minimum absolute atomic E-state index is 0.0976. The van der Waals surface area contributed by atoms with Crippen LogP contribution in [0.2, 0.25) is 0 Å². The van der Waals surface area contributed by atoms with Crippen molar-refractivity contribution >= 4 is 5.69 Å². The summed E-state index contributed by atoms with van der Waals surface area (Å²) in [6, 6.07) is 10.3. The molecular weight excluding hydrogens is 198 g/mol. The average molecular weight is 217 g/mol. The van der Waals surface area contributed by atoms with Crippen LogP contribution in [0.15, 0.2) is 24.3 Å². The first kappa shape index (κ1) is 12.5. The van der Waals surface area contributed by atoms with Gasteiger partial charge in [0.1, 0.15) is 0 Å². The zero-order chi connectivity index (χ0) is 12.1. The predicted octanol–water partition coefficient (Wildman–Crippen LogP) is 2.39. The molecule has 0 aliphatic rings. The van der Waals surface area contributed by atoms with Crippen molar-refractivity contribution in [3.63, 3.8) is 0 Å².